The molecule has 2 rings (SSSR count). The first-order chi connectivity index (χ1) is 8.69. The van der Waals surface area contributed by atoms with Gasteiger partial charge in [0.2, 0.25) is 0 Å². The fourth-order valence-electron chi connectivity index (χ4n) is 2.81. The second-order valence-corrected chi connectivity index (χ2v) is 5.20. The average Bonchev–Trinajstić information content (AvgIpc) is 2.86. The van der Waals surface area contributed by atoms with E-state index in [1.54, 1.807) is 6.07 Å². The Bertz CT molecular complexity index is 389. The Hall–Kier alpha value is -1.00. The summed E-state index contributed by atoms with van der Waals surface area (Å²) < 4.78 is 25.9. The van der Waals surface area contributed by atoms with Gasteiger partial charge in [0.1, 0.15) is 0 Å². The zero-order chi connectivity index (χ0) is 13.0. The standard InChI is InChI=1S/C14H20F2N2/c15-13-6-5-11(9-14(13)16)8-12(18-17)7-10-3-1-2-4-10/h5-6,9-10,12,18H,1-4,7-8,17H2. The Kier molecular flexibility index (Phi) is 4.66. The van der Waals surface area contributed by atoms with Crippen LogP contribution in [0.4, 0.5) is 8.78 Å². The summed E-state index contributed by atoms with van der Waals surface area (Å²) in [6.45, 7) is 0. The second kappa shape index (κ2) is 6.25. The molecule has 0 amide bonds. The third kappa shape index (κ3) is 3.50. The minimum Gasteiger partial charge on any atom is -0.271 e. The Balaban J connectivity index is 1.94. The van der Waals surface area contributed by atoms with E-state index in [1.807, 2.05) is 0 Å². The van der Waals surface area contributed by atoms with Crippen LogP contribution in [0.15, 0.2) is 18.2 Å². The third-order valence-corrected chi connectivity index (χ3v) is 3.79. The summed E-state index contributed by atoms with van der Waals surface area (Å²) in [4.78, 5) is 0. The Labute approximate surface area is 107 Å². The number of hydrogen-bond acceptors (Lipinski definition) is 2. The molecule has 2 nitrogen and oxygen atoms in total. The summed E-state index contributed by atoms with van der Waals surface area (Å²) >= 11 is 0. The van der Waals surface area contributed by atoms with Crippen molar-refractivity contribution in [2.75, 3.05) is 0 Å². The van der Waals surface area contributed by atoms with Crippen LogP contribution >= 0.6 is 0 Å². The van der Waals surface area contributed by atoms with Gasteiger partial charge in [-0.3, -0.25) is 11.3 Å². The highest BCUT2D eigenvalue weighted by molar-refractivity contribution is 5.18. The predicted octanol–water partition coefficient (Wildman–Crippen LogP) is 2.92. The van der Waals surface area contributed by atoms with Crippen molar-refractivity contribution >= 4 is 0 Å². The van der Waals surface area contributed by atoms with Crippen LogP contribution in [0.5, 0.6) is 0 Å². The lowest BCUT2D eigenvalue weighted by atomic mass is 9.94. The van der Waals surface area contributed by atoms with Crippen LogP contribution in [0.2, 0.25) is 0 Å². The first kappa shape index (κ1) is 13.4. The normalized spacial score (nSPS) is 18.2. The molecule has 0 radical (unpaired) electrons. The molecule has 1 aromatic carbocycles. The van der Waals surface area contributed by atoms with Crippen LogP contribution in [0.3, 0.4) is 0 Å². The molecule has 0 saturated heterocycles. The quantitative estimate of drug-likeness (QED) is 0.626. The summed E-state index contributed by atoms with van der Waals surface area (Å²) in [6, 6.07) is 4.19. The van der Waals surface area contributed by atoms with Gasteiger partial charge in [0.25, 0.3) is 0 Å². The maximum atomic E-state index is 13.1. The summed E-state index contributed by atoms with van der Waals surface area (Å²) in [6.07, 6.45) is 6.77. The van der Waals surface area contributed by atoms with Crippen molar-refractivity contribution in [3.8, 4) is 0 Å². The highest BCUT2D eigenvalue weighted by Gasteiger charge is 2.20. The van der Waals surface area contributed by atoms with Gasteiger partial charge < -0.3 is 0 Å². The maximum Gasteiger partial charge on any atom is 0.159 e. The monoisotopic (exact) mass is 254 g/mol. The van der Waals surface area contributed by atoms with Crippen LogP contribution in [-0.4, -0.2) is 6.04 Å². The van der Waals surface area contributed by atoms with Gasteiger partial charge in [-0.25, -0.2) is 8.78 Å². The van der Waals surface area contributed by atoms with Gasteiger partial charge in [-0.05, 0) is 36.5 Å². The van der Waals surface area contributed by atoms with E-state index in [1.165, 1.54) is 37.8 Å². The summed E-state index contributed by atoms with van der Waals surface area (Å²) in [5.74, 6) is 4.68. The molecule has 4 heteroatoms. The fourth-order valence-corrected chi connectivity index (χ4v) is 2.81. The molecule has 0 spiro atoms. The number of halogens is 2. The zero-order valence-corrected chi connectivity index (χ0v) is 10.5. The molecule has 1 saturated carbocycles. The van der Waals surface area contributed by atoms with Gasteiger partial charge in [0.15, 0.2) is 11.6 Å². The molecule has 1 atom stereocenters. The molecule has 1 unspecified atom stereocenters. The van der Waals surface area contributed by atoms with Gasteiger partial charge in [-0.2, -0.15) is 0 Å². The lowest BCUT2D eigenvalue weighted by Gasteiger charge is -2.19. The SMILES string of the molecule is NNC(Cc1ccc(F)c(F)c1)CC1CCCC1. The molecule has 1 aromatic rings. The van der Waals surface area contributed by atoms with Crippen molar-refractivity contribution in [3.63, 3.8) is 0 Å². The number of nitrogens with one attached hydrogen (secondary N) is 1. The van der Waals surface area contributed by atoms with E-state index in [2.05, 4.69) is 5.43 Å². The molecule has 0 aromatic heterocycles. The number of rotatable bonds is 5. The maximum absolute atomic E-state index is 13.1. The highest BCUT2D eigenvalue weighted by atomic mass is 19.2. The van der Waals surface area contributed by atoms with Crippen molar-refractivity contribution in [3.05, 3.63) is 35.4 Å². The van der Waals surface area contributed by atoms with E-state index in [4.69, 9.17) is 5.84 Å². The first-order valence-corrected chi connectivity index (χ1v) is 6.59. The highest BCUT2D eigenvalue weighted by Crippen LogP contribution is 2.29. The fraction of sp³-hybridized carbons (Fsp3) is 0.571. The van der Waals surface area contributed by atoms with Crippen molar-refractivity contribution in [1.82, 2.24) is 5.43 Å². The zero-order valence-electron chi connectivity index (χ0n) is 10.5. The van der Waals surface area contributed by atoms with Crippen LogP contribution in [0.1, 0.15) is 37.7 Å². The van der Waals surface area contributed by atoms with E-state index >= 15 is 0 Å². The van der Waals surface area contributed by atoms with Crippen molar-refractivity contribution < 1.29 is 8.78 Å². The molecule has 3 N–H and O–H groups in total. The lowest BCUT2D eigenvalue weighted by Crippen LogP contribution is -2.38. The van der Waals surface area contributed by atoms with Gasteiger partial charge in [0.05, 0.1) is 0 Å². The van der Waals surface area contributed by atoms with E-state index in [0.717, 1.165) is 17.9 Å². The Morgan fingerprint density at radius 1 is 1.22 bits per heavy atom. The van der Waals surface area contributed by atoms with Crippen LogP contribution in [0, 0.1) is 17.6 Å². The molecular formula is C14H20F2N2. The molecule has 0 aliphatic heterocycles. The van der Waals surface area contributed by atoms with Crippen LogP contribution < -0.4 is 11.3 Å². The van der Waals surface area contributed by atoms with Crippen molar-refractivity contribution in [2.24, 2.45) is 11.8 Å². The Morgan fingerprint density at radius 3 is 2.56 bits per heavy atom. The summed E-state index contributed by atoms with van der Waals surface area (Å²) in [5, 5.41) is 0. The van der Waals surface area contributed by atoms with Gasteiger partial charge in [-0.1, -0.05) is 31.7 Å². The van der Waals surface area contributed by atoms with Crippen molar-refractivity contribution in [1.29, 1.82) is 0 Å². The largest absolute Gasteiger partial charge is 0.271 e. The topological polar surface area (TPSA) is 38.0 Å². The van der Waals surface area contributed by atoms with Crippen molar-refractivity contribution in [2.45, 2.75) is 44.6 Å². The molecule has 0 bridgehead atoms. The van der Waals surface area contributed by atoms with Crippen LogP contribution in [0.25, 0.3) is 0 Å². The van der Waals surface area contributed by atoms with E-state index in [-0.39, 0.29) is 6.04 Å². The summed E-state index contributed by atoms with van der Waals surface area (Å²) in [7, 11) is 0. The van der Waals surface area contributed by atoms with Gasteiger partial charge >= 0.3 is 0 Å². The summed E-state index contributed by atoms with van der Waals surface area (Å²) in [5.41, 5.74) is 3.58. The molecule has 18 heavy (non-hydrogen) atoms. The van der Waals surface area contributed by atoms with Crippen LogP contribution in [-0.2, 0) is 6.42 Å². The molecule has 100 valence electrons. The van der Waals surface area contributed by atoms with E-state index in [0.29, 0.717) is 6.42 Å². The molecule has 0 heterocycles. The number of hydrogen-bond donors (Lipinski definition) is 2. The Morgan fingerprint density at radius 2 is 1.94 bits per heavy atom. The number of benzene rings is 1. The van der Waals surface area contributed by atoms with Gasteiger partial charge in [0, 0.05) is 6.04 Å². The molecule has 1 aliphatic carbocycles. The molecule has 1 aliphatic rings. The number of nitrogens with two attached hydrogens (primary N) is 1. The minimum atomic E-state index is -0.799. The van der Waals surface area contributed by atoms with Gasteiger partial charge in [-0.15, -0.1) is 0 Å². The predicted molar refractivity (Wildman–Crippen MR) is 67.7 cm³/mol. The average molecular weight is 254 g/mol. The van der Waals surface area contributed by atoms with E-state index < -0.39 is 11.6 Å². The second-order valence-electron chi connectivity index (χ2n) is 5.20. The van der Waals surface area contributed by atoms with E-state index in [9.17, 15) is 8.78 Å². The number of hydrazine groups is 1. The lowest BCUT2D eigenvalue weighted by molar-refractivity contribution is 0.388. The first-order valence-electron chi connectivity index (χ1n) is 6.59. The smallest absolute Gasteiger partial charge is 0.159 e. The minimum absolute atomic E-state index is 0.137. The molecular weight excluding hydrogens is 234 g/mol. The molecule has 1 fully saturated rings. The third-order valence-electron chi connectivity index (χ3n) is 3.79.